The average molecular weight is 289 g/mol. The highest BCUT2D eigenvalue weighted by molar-refractivity contribution is 5.98. The SMILES string of the molecule is Cc1c(C(=O)NCC(C)(C)C[C@@H](C)O)oc2ccccc12. The van der Waals surface area contributed by atoms with Gasteiger partial charge >= 0.3 is 0 Å². The van der Waals surface area contributed by atoms with Crippen LogP contribution in [0.4, 0.5) is 0 Å². The largest absolute Gasteiger partial charge is 0.451 e. The Hall–Kier alpha value is -1.81. The van der Waals surface area contributed by atoms with E-state index < -0.39 is 0 Å². The van der Waals surface area contributed by atoms with Gasteiger partial charge in [0.05, 0.1) is 6.10 Å². The van der Waals surface area contributed by atoms with Crippen molar-refractivity contribution in [1.82, 2.24) is 5.32 Å². The fourth-order valence-electron chi connectivity index (χ4n) is 2.66. The molecular formula is C17H23NO3. The van der Waals surface area contributed by atoms with Gasteiger partial charge in [-0.1, -0.05) is 32.0 Å². The molecule has 2 aromatic rings. The maximum atomic E-state index is 12.3. The van der Waals surface area contributed by atoms with Crippen molar-refractivity contribution in [3.63, 3.8) is 0 Å². The standard InChI is InChI=1S/C17H23NO3/c1-11(19)9-17(3,4)10-18-16(20)15-12(2)13-7-5-6-8-14(13)21-15/h5-8,11,19H,9-10H2,1-4H3,(H,18,20)/t11-/m1/s1. The topological polar surface area (TPSA) is 62.5 Å². The van der Waals surface area contributed by atoms with E-state index in [1.807, 2.05) is 45.0 Å². The molecule has 1 amide bonds. The van der Waals surface area contributed by atoms with Gasteiger partial charge in [0, 0.05) is 17.5 Å². The van der Waals surface area contributed by atoms with Gasteiger partial charge in [-0.3, -0.25) is 4.79 Å². The van der Waals surface area contributed by atoms with Crippen LogP contribution in [-0.2, 0) is 0 Å². The third-order valence-electron chi connectivity index (χ3n) is 3.63. The molecule has 4 nitrogen and oxygen atoms in total. The van der Waals surface area contributed by atoms with Crippen LogP contribution in [0, 0.1) is 12.3 Å². The Morgan fingerprint density at radius 2 is 2.05 bits per heavy atom. The van der Waals surface area contributed by atoms with E-state index in [0.29, 0.717) is 18.7 Å². The molecule has 4 heteroatoms. The summed E-state index contributed by atoms with van der Waals surface area (Å²) < 4.78 is 5.65. The van der Waals surface area contributed by atoms with E-state index in [-0.39, 0.29) is 17.4 Å². The van der Waals surface area contributed by atoms with Gasteiger partial charge in [0.2, 0.25) is 0 Å². The summed E-state index contributed by atoms with van der Waals surface area (Å²) in [6.07, 6.45) is 0.247. The molecule has 0 saturated heterocycles. The Morgan fingerprint density at radius 1 is 1.38 bits per heavy atom. The quantitative estimate of drug-likeness (QED) is 0.888. The lowest BCUT2D eigenvalue weighted by atomic mass is 9.87. The smallest absolute Gasteiger partial charge is 0.287 e. The zero-order chi connectivity index (χ0) is 15.6. The Labute approximate surface area is 125 Å². The van der Waals surface area contributed by atoms with Crippen LogP contribution < -0.4 is 5.32 Å². The fourth-order valence-corrected chi connectivity index (χ4v) is 2.66. The maximum absolute atomic E-state index is 12.3. The van der Waals surface area contributed by atoms with Crippen molar-refractivity contribution in [2.24, 2.45) is 5.41 Å². The molecular weight excluding hydrogens is 266 g/mol. The Bertz CT molecular complexity index is 641. The van der Waals surface area contributed by atoms with E-state index in [1.165, 1.54) is 0 Å². The van der Waals surface area contributed by atoms with Gasteiger partial charge in [0.1, 0.15) is 5.58 Å². The number of furan rings is 1. The predicted octanol–water partition coefficient (Wildman–Crippen LogP) is 3.27. The first-order valence-electron chi connectivity index (χ1n) is 7.24. The first-order chi connectivity index (χ1) is 9.80. The Kier molecular flexibility index (Phi) is 4.37. The minimum absolute atomic E-state index is 0.163. The van der Waals surface area contributed by atoms with E-state index in [4.69, 9.17) is 4.42 Å². The van der Waals surface area contributed by atoms with E-state index in [0.717, 1.165) is 16.5 Å². The number of para-hydroxylation sites is 1. The van der Waals surface area contributed by atoms with Gasteiger partial charge in [-0.05, 0) is 31.7 Å². The lowest BCUT2D eigenvalue weighted by molar-refractivity contribution is 0.0877. The minimum atomic E-state index is -0.384. The summed E-state index contributed by atoms with van der Waals surface area (Å²) >= 11 is 0. The number of hydrogen-bond donors (Lipinski definition) is 2. The van der Waals surface area contributed by atoms with Crippen molar-refractivity contribution < 1.29 is 14.3 Å². The highest BCUT2D eigenvalue weighted by Gasteiger charge is 2.23. The van der Waals surface area contributed by atoms with Crippen LogP contribution in [0.1, 0.15) is 43.3 Å². The molecule has 0 fully saturated rings. The van der Waals surface area contributed by atoms with Gasteiger partial charge in [-0.2, -0.15) is 0 Å². The number of rotatable bonds is 5. The van der Waals surface area contributed by atoms with E-state index in [9.17, 15) is 9.90 Å². The average Bonchev–Trinajstić information content (AvgIpc) is 2.73. The molecule has 0 aliphatic carbocycles. The molecule has 1 heterocycles. The van der Waals surface area contributed by atoms with Crippen LogP contribution in [0.15, 0.2) is 28.7 Å². The number of benzene rings is 1. The van der Waals surface area contributed by atoms with E-state index >= 15 is 0 Å². The van der Waals surface area contributed by atoms with Crippen molar-refractivity contribution in [3.8, 4) is 0 Å². The van der Waals surface area contributed by atoms with Crippen LogP contribution in [0.5, 0.6) is 0 Å². The fraction of sp³-hybridized carbons (Fsp3) is 0.471. The number of aryl methyl sites for hydroxylation is 1. The lowest BCUT2D eigenvalue weighted by Crippen LogP contribution is -2.35. The summed E-state index contributed by atoms with van der Waals surface area (Å²) in [4.78, 5) is 12.3. The molecule has 0 aliphatic rings. The van der Waals surface area contributed by atoms with Gasteiger partial charge in [0.15, 0.2) is 5.76 Å². The molecule has 21 heavy (non-hydrogen) atoms. The molecule has 2 N–H and O–H groups in total. The van der Waals surface area contributed by atoms with E-state index in [1.54, 1.807) is 6.92 Å². The van der Waals surface area contributed by atoms with Crippen LogP contribution in [-0.4, -0.2) is 23.7 Å². The molecule has 1 atom stereocenters. The van der Waals surface area contributed by atoms with Crippen LogP contribution in [0.3, 0.4) is 0 Å². The zero-order valence-corrected chi connectivity index (χ0v) is 13.1. The molecule has 0 radical (unpaired) electrons. The normalized spacial score (nSPS) is 13.4. The van der Waals surface area contributed by atoms with Crippen LogP contribution in [0.2, 0.25) is 0 Å². The molecule has 0 saturated carbocycles. The minimum Gasteiger partial charge on any atom is -0.451 e. The molecule has 1 aromatic carbocycles. The third kappa shape index (κ3) is 3.64. The number of fused-ring (bicyclic) bond motifs is 1. The third-order valence-corrected chi connectivity index (χ3v) is 3.63. The van der Waals surface area contributed by atoms with Crippen molar-refractivity contribution >= 4 is 16.9 Å². The molecule has 0 aliphatic heterocycles. The molecule has 0 unspecified atom stereocenters. The second-order valence-electron chi connectivity index (χ2n) is 6.45. The number of hydrogen-bond acceptors (Lipinski definition) is 3. The number of nitrogens with one attached hydrogen (secondary N) is 1. The molecule has 0 bridgehead atoms. The van der Waals surface area contributed by atoms with Crippen molar-refractivity contribution in [3.05, 3.63) is 35.6 Å². The Morgan fingerprint density at radius 3 is 2.67 bits per heavy atom. The van der Waals surface area contributed by atoms with E-state index in [2.05, 4.69) is 5.32 Å². The number of aliphatic hydroxyl groups is 1. The second-order valence-corrected chi connectivity index (χ2v) is 6.45. The summed E-state index contributed by atoms with van der Waals surface area (Å²) in [5.41, 5.74) is 1.42. The molecule has 0 spiro atoms. The van der Waals surface area contributed by atoms with Gasteiger partial charge < -0.3 is 14.8 Å². The van der Waals surface area contributed by atoms with Crippen LogP contribution in [0.25, 0.3) is 11.0 Å². The van der Waals surface area contributed by atoms with Gasteiger partial charge in [-0.15, -0.1) is 0 Å². The Balaban J connectivity index is 2.11. The first-order valence-corrected chi connectivity index (χ1v) is 7.24. The monoisotopic (exact) mass is 289 g/mol. The number of carbonyl (C=O) groups is 1. The summed E-state index contributed by atoms with van der Waals surface area (Å²) in [5.74, 6) is 0.159. The van der Waals surface area contributed by atoms with Gasteiger partial charge in [0.25, 0.3) is 5.91 Å². The molecule has 2 rings (SSSR count). The highest BCUT2D eigenvalue weighted by atomic mass is 16.3. The van der Waals surface area contributed by atoms with Crippen molar-refractivity contribution in [1.29, 1.82) is 0 Å². The summed E-state index contributed by atoms with van der Waals surface area (Å²) in [7, 11) is 0. The second kappa shape index (κ2) is 5.90. The highest BCUT2D eigenvalue weighted by Crippen LogP contribution is 2.25. The first kappa shape index (κ1) is 15.6. The molecule has 1 aromatic heterocycles. The number of aliphatic hydroxyl groups excluding tert-OH is 1. The summed E-state index contributed by atoms with van der Waals surface area (Å²) in [5, 5.41) is 13.3. The number of carbonyl (C=O) groups excluding carboxylic acids is 1. The van der Waals surface area contributed by atoms with Crippen molar-refractivity contribution in [2.45, 2.75) is 40.2 Å². The predicted molar refractivity (Wildman–Crippen MR) is 83.4 cm³/mol. The summed E-state index contributed by atoms with van der Waals surface area (Å²) in [6, 6.07) is 7.62. The maximum Gasteiger partial charge on any atom is 0.287 e. The number of amides is 1. The molecule has 114 valence electrons. The van der Waals surface area contributed by atoms with Crippen molar-refractivity contribution in [2.75, 3.05) is 6.54 Å². The zero-order valence-electron chi connectivity index (χ0n) is 13.1. The van der Waals surface area contributed by atoms with Crippen LogP contribution >= 0.6 is 0 Å². The summed E-state index contributed by atoms with van der Waals surface area (Å²) in [6.45, 7) is 8.18. The lowest BCUT2D eigenvalue weighted by Gasteiger charge is -2.26. The van der Waals surface area contributed by atoms with Gasteiger partial charge in [-0.25, -0.2) is 0 Å².